The summed E-state index contributed by atoms with van der Waals surface area (Å²) in [4.78, 5) is 2.65. The highest BCUT2D eigenvalue weighted by atomic mass is 15.1. The SMILES string of the molecule is CCC1=CC2(CCN(CC(C)C)CC2)C1. The van der Waals surface area contributed by atoms with E-state index in [9.17, 15) is 0 Å². The summed E-state index contributed by atoms with van der Waals surface area (Å²) in [5, 5.41) is 0. The van der Waals surface area contributed by atoms with Crippen LogP contribution in [0.4, 0.5) is 0 Å². The van der Waals surface area contributed by atoms with Crippen LogP contribution in [0.5, 0.6) is 0 Å². The van der Waals surface area contributed by atoms with E-state index in [0.717, 1.165) is 5.92 Å². The molecule has 1 heterocycles. The fourth-order valence-corrected chi connectivity index (χ4v) is 3.10. The molecule has 0 aromatic carbocycles. The summed E-state index contributed by atoms with van der Waals surface area (Å²) in [5.41, 5.74) is 2.34. The van der Waals surface area contributed by atoms with E-state index in [2.05, 4.69) is 31.7 Å². The van der Waals surface area contributed by atoms with Gasteiger partial charge < -0.3 is 4.90 Å². The Labute approximate surface area is 94.5 Å². The molecule has 2 aliphatic rings. The monoisotopic (exact) mass is 207 g/mol. The van der Waals surface area contributed by atoms with Gasteiger partial charge in [0.15, 0.2) is 0 Å². The average Bonchev–Trinajstić information content (AvgIpc) is 2.15. The quantitative estimate of drug-likeness (QED) is 0.641. The Bertz CT molecular complexity index is 244. The fourth-order valence-electron chi connectivity index (χ4n) is 3.10. The predicted molar refractivity (Wildman–Crippen MR) is 65.9 cm³/mol. The molecule has 1 aliphatic carbocycles. The minimum absolute atomic E-state index is 0.638. The number of piperidine rings is 1. The summed E-state index contributed by atoms with van der Waals surface area (Å²) >= 11 is 0. The van der Waals surface area contributed by atoms with Gasteiger partial charge in [0, 0.05) is 6.54 Å². The standard InChI is InChI=1S/C14H25N/c1-4-13-9-14(10-13)5-7-15(8-6-14)11-12(2)3/h9,12H,4-8,10-11H2,1-3H3. The molecule has 0 radical (unpaired) electrons. The second kappa shape index (κ2) is 4.29. The average molecular weight is 207 g/mol. The first-order chi connectivity index (χ1) is 7.13. The van der Waals surface area contributed by atoms with Gasteiger partial charge in [0.05, 0.1) is 0 Å². The normalized spacial score (nSPS) is 25.5. The predicted octanol–water partition coefficient (Wildman–Crippen LogP) is 3.46. The second-order valence-electron chi connectivity index (χ2n) is 5.89. The molecule has 0 amide bonds. The van der Waals surface area contributed by atoms with Gasteiger partial charge in [-0.3, -0.25) is 0 Å². The molecule has 1 nitrogen and oxygen atoms in total. The van der Waals surface area contributed by atoms with Crippen molar-refractivity contribution in [3.8, 4) is 0 Å². The first-order valence-corrected chi connectivity index (χ1v) is 6.56. The van der Waals surface area contributed by atoms with Gasteiger partial charge in [-0.05, 0) is 50.1 Å². The largest absolute Gasteiger partial charge is 0.303 e. The van der Waals surface area contributed by atoms with Gasteiger partial charge in [0.25, 0.3) is 0 Å². The molecule has 0 bridgehead atoms. The van der Waals surface area contributed by atoms with Crippen molar-refractivity contribution in [1.29, 1.82) is 0 Å². The third-order valence-electron chi connectivity index (χ3n) is 4.02. The molecule has 1 saturated heterocycles. The van der Waals surface area contributed by atoms with Crippen molar-refractivity contribution >= 4 is 0 Å². The van der Waals surface area contributed by atoms with Crippen LogP contribution in [0.25, 0.3) is 0 Å². The first kappa shape index (κ1) is 11.2. The van der Waals surface area contributed by atoms with Crippen LogP contribution in [0.3, 0.4) is 0 Å². The van der Waals surface area contributed by atoms with E-state index >= 15 is 0 Å². The van der Waals surface area contributed by atoms with Crippen LogP contribution in [0.1, 0.15) is 46.5 Å². The lowest BCUT2D eigenvalue weighted by atomic mass is 9.64. The number of hydrogen-bond donors (Lipinski definition) is 0. The van der Waals surface area contributed by atoms with Crippen LogP contribution in [0.15, 0.2) is 11.6 Å². The van der Waals surface area contributed by atoms with Gasteiger partial charge in [0.1, 0.15) is 0 Å². The molecule has 2 rings (SSSR count). The van der Waals surface area contributed by atoms with E-state index in [0.29, 0.717) is 5.41 Å². The minimum Gasteiger partial charge on any atom is -0.303 e. The number of allylic oxidation sites excluding steroid dienone is 2. The van der Waals surface area contributed by atoms with Gasteiger partial charge >= 0.3 is 0 Å². The van der Waals surface area contributed by atoms with E-state index in [1.807, 2.05) is 0 Å². The zero-order valence-corrected chi connectivity index (χ0v) is 10.6. The summed E-state index contributed by atoms with van der Waals surface area (Å²) < 4.78 is 0. The maximum Gasteiger partial charge on any atom is 0.000439 e. The summed E-state index contributed by atoms with van der Waals surface area (Å²) in [7, 11) is 0. The number of likely N-dealkylation sites (tertiary alicyclic amines) is 1. The number of nitrogens with zero attached hydrogens (tertiary/aromatic N) is 1. The molecule has 0 saturated carbocycles. The lowest BCUT2D eigenvalue weighted by Crippen LogP contribution is -2.43. The van der Waals surface area contributed by atoms with E-state index in [4.69, 9.17) is 0 Å². The molecule has 86 valence electrons. The van der Waals surface area contributed by atoms with Crippen molar-refractivity contribution in [2.75, 3.05) is 19.6 Å². The third-order valence-corrected chi connectivity index (χ3v) is 4.02. The topological polar surface area (TPSA) is 3.24 Å². The van der Waals surface area contributed by atoms with Crippen LogP contribution in [-0.4, -0.2) is 24.5 Å². The summed E-state index contributed by atoms with van der Waals surface area (Å²) in [6, 6.07) is 0. The molecule has 1 aliphatic heterocycles. The highest BCUT2D eigenvalue weighted by Gasteiger charge is 2.38. The van der Waals surface area contributed by atoms with Crippen molar-refractivity contribution in [1.82, 2.24) is 4.90 Å². The van der Waals surface area contributed by atoms with Gasteiger partial charge in [-0.15, -0.1) is 0 Å². The molecule has 0 aromatic heterocycles. The molecule has 0 atom stereocenters. The van der Waals surface area contributed by atoms with Crippen LogP contribution in [0, 0.1) is 11.3 Å². The van der Waals surface area contributed by atoms with Crippen LogP contribution in [0.2, 0.25) is 0 Å². The van der Waals surface area contributed by atoms with Gasteiger partial charge in [-0.25, -0.2) is 0 Å². The van der Waals surface area contributed by atoms with Crippen LogP contribution >= 0.6 is 0 Å². The maximum atomic E-state index is 2.65. The Morgan fingerprint density at radius 1 is 1.33 bits per heavy atom. The molecule has 0 aromatic rings. The Morgan fingerprint density at radius 2 is 1.93 bits per heavy atom. The number of hydrogen-bond acceptors (Lipinski definition) is 1. The highest BCUT2D eigenvalue weighted by Crippen LogP contribution is 2.47. The summed E-state index contributed by atoms with van der Waals surface area (Å²) in [6.07, 6.45) is 8.07. The van der Waals surface area contributed by atoms with Crippen molar-refractivity contribution in [2.45, 2.75) is 46.5 Å². The molecule has 15 heavy (non-hydrogen) atoms. The van der Waals surface area contributed by atoms with Gasteiger partial charge in [-0.1, -0.05) is 32.4 Å². The Morgan fingerprint density at radius 3 is 2.40 bits per heavy atom. The minimum atomic E-state index is 0.638. The molecule has 0 N–H and O–H groups in total. The molecular formula is C14H25N. The molecular weight excluding hydrogens is 182 g/mol. The Hall–Kier alpha value is -0.300. The molecule has 0 unspecified atom stereocenters. The second-order valence-corrected chi connectivity index (χ2v) is 5.89. The molecule has 1 fully saturated rings. The third kappa shape index (κ3) is 2.44. The van der Waals surface area contributed by atoms with E-state index in [-0.39, 0.29) is 0 Å². The lowest BCUT2D eigenvalue weighted by molar-refractivity contribution is 0.114. The summed E-state index contributed by atoms with van der Waals surface area (Å²) in [5.74, 6) is 0.821. The van der Waals surface area contributed by atoms with Crippen molar-refractivity contribution in [2.24, 2.45) is 11.3 Å². The van der Waals surface area contributed by atoms with Crippen molar-refractivity contribution < 1.29 is 0 Å². The highest BCUT2D eigenvalue weighted by molar-refractivity contribution is 5.24. The van der Waals surface area contributed by atoms with Gasteiger partial charge in [-0.2, -0.15) is 0 Å². The smallest absolute Gasteiger partial charge is 0.000439 e. The van der Waals surface area contributed by atoms with E-state index in [1.54, 1.807) is 5.57 Å². The fraction of sp³-hybridized carbons (Fsp3) is 0.857. The lowest BCUT2D eigenvalue weighted by Gasteiger charge is -2.46. The van der Waals surface area contributed by atoms with E-state index < -0.39 is 0 Å². The van der Waals surface area contributed by atoms with Crippen LogP contribution in [-0.2, 0) is 0 Å². The maximum absolute atomic E-state index is 2.65. The Balaban J connectivity index is 1.81. The van der Waals surface area contributed by atoms with Crippen molar-refractivity contribution in [3.63, 3.8) is 0 Å². The summed E-state index contributed by atoms with van der Waals surface area (Å²) in [6.45, 7) is 10.9. The van der Waals surface area contributed by atoms with E-state index in [1.165, 1.54) is 45.3 Å². The molecule has 1 spiro atoms. The zero-order chi connectivity index (χ0) is 10.9. The first-order valence-electron chi connectivity index (χ1n) is 6.56. The Kier molecular flexibility index (Phi) is 3.20. The van der Waals surface area contributed by atoms with Gasteiger partial charge in [0.2, 0.25) is 0 Å². The van der Waals surface area contributed by atoms with Crippen LogP contribution < -0.4 is 0 Å². The van der Waals surface area contributed by atoms with Crippen molar-refractivity contribution in [3.05, 3.63) is 11.6 Å². The zero-order valence-electron chi connectivity index (χ0n) is 10.6. The number of rotatable bonds is 3. The molecule has 1 heteroatoms.